The number of carbonyl (C=O) groups is 2. The summed E-state index contributed by atoms with van der Waals surface area (Å²) in [6, 6.07) is 7.09. The number of aromatic nitrogens is 1. The van der Waals surface area contributed by atoms with E-state index in [2.05, 4.69) is 10.2 Å². The van der Waals surface area contributed by atoms with Gasteiger partial charge >= 0.3 is 0 Å². The molecule has 9 nitrogen and oxygen atoms in total. The van der Waals surface area contributed by atoms with Crippen molar-refractivity contribution in [3.05, 3.63) is 78.0 Å². The predicted octanol–water partition coefficient (Wildman–Crippen LogP) is 4.96. The summed E-state index contributed by atoms with van der Waals surface area (Å²) in [5.41, 5.74) is -1.92. The van der Waals surface area contributed by atoms with Gasteiger partial charge in [0.15, 0.2) is 17.3 Å². The summed E-state index contributed by atoms with van der Waals surface area (Å²) in [4.78, 5) is 39.2. The number of carbonyl (C=O) groups excluding carboxylic acids is 2. The Morgan fingerprint density at radius 2 is 1.68 bits per heavy atom. The van der Waals surface area contributed by atoms with Crippen LogP contribution >= 0.6 is 23.2 Å². The fourth-order valence-electron chi connectivity index (χ4n) is 3.83. The van der Waals surface area contributed by atoms with Crippen molar-refractivity contribution in [2.24, 2.45) is 10.2 Å². The number of hydrogen-bond donors (Lipinski definition) is 2. The number of pyridine rings is 1. The Bertz CT molecular complexity index is 1570. The van der Waals surface area contributed by atoms with Crippen molar-refractivity contribution in [2.45, 2.75) is 20.4 Å². The fraction of sp³-hybridized carbons (Fsp3) is 0.130. The van der Waals surface area contributed by atoms with Crippen molar-refractivity contribution in [1.82, 2.24) is 4.57 Å². The number of ketones is 2. The second-order valence-electron chi connectivity index (χ2n) is 7.33. The highest BCUT2D eigenvalue weighted by Crippen LogP contribution is 2.44. The zero-order valence-electron chi connectivity index (χ0n) is 17.7. The van der Waals surface area contributed by atoms with E-state index in [1.807, 2.05) is 6.07 Å². The second kappa shape index (κ2) is 8.41. The second-order valence-corrected chi connectivity index (χ2v) is 8.14. The summed E-state index contributed by atoms with van der Waals surface area (Å²) in [6.45, 7) is 3.08. The summed E-state index contributed by atoms with van der Waals surface area (Å²) in [5, 5.41) is 37.5. The van der Waals surface area contributed by atoms with E-state index < -0.39 is 23.0 Å². The van der Waals surface area contributed by atoms with Crippen LogP contribution in [0, 0.1) is 18.3 Å². The first-order chi connectivity index (χ1) is 16.1. The van der Waals surface area contributed by atoms with Crippen LogP contribution in [0.4, 0.5) is 11.4 Å². The number of rotatable bonds is 3. The third-order valence-electron chi connectivity index (χ3n) is 5.51. The molecular weight excluding hydrogens is 483 g/mol. The third-order valence-corrected chi connectivity index (χ3v) is 6.10. The molecule has 0 saturated heterocycles. The molecule has 1 aliphatic carbocycles. The topological polar surface area (TPSA) is 145 Å². The lowest BCUT2D eigenvalue weighted by atomic mass is 9.82. The van der Waals surface area contributed by atoms with Crippen molar-refractivity contribution in [3.8, 4) is 17.7 Å². The summed E-state index contributed by atoms with van der Waals surface area (Å²) in [7, 11) is 0. The molecule has 0 aliphatic heterocycles. The number of nitriles is 1. The van der Waals surface area contributed by atoms with Crippen LogP contribution in [-0.4, -0.2) is 26.3 Å². The van der Waals surface area contributed by atoms with Crippen LogP contribution in [0.1, 0.15) is 49.9 Å². The number of benzene rings is 2. The average molecular weight is 497 g/mol. The van der Waals surface area contributed by atoms with E-state index in [0.717, 1.165) is 4.57 Å². The molecule has 0 amide bonds. The highest BCUT2D eigenvalue weighted by atomic mass is 35.5. The van der Waals surface area contributed by atoms with Crippen LogP contribution < -0.4 is 5.56 Å². The van der Waals surface area contributed by atoms with Gasteiger partial charge < -0.3 is 10.2 Å². The van der Waals surface area contributed by atoms with Gasteiger partial charge in [-0.1, -0.05) is 35.3 Å². The Kier molecular flexibility index (Phi) is 5.73. The minimum absolute atomic E-state index is 0.0618. The first-order valence-electron chi connectivity index (χ1n) is 9.85. The molecule has 11 heteroatoms. The zero-order valence-corrected chi connectivity index (χ0v) is 19.2. The van der Waals surface area contributed by atoms with E-state index in [0.29, 0.717) is 0 Å². The van der Waals surface area contributed by atoms with E-state index in [-0.39, 0.29) is 67.1 Å². The molecule has 170 valence electrons. The molecule has 4 rings (SSSR count). The van der Waals surface area contributed by atoms with Crippen molar-refractivity contribution in [3.63, 3.8) is 0 Å². The number of nitrogens with zero attached hydrogens (tertiary/aromatic N) is 4. The van der Waals surface area contributed by atoms with Crippen molar-refractivity contribution in [2.75, 3.05) is 0 Å². The van der Waals surface area contributed by atoms with Gasteiger partial charge in [-0.25, -0.2) is 0 Å². The van der Waals surface area contributed by atoms with Gasteiger partial charge in [-0.15, -0.1) is 10.2 Å². The first-order valence-corrected chi connectivity index (χ1v) is 10.6. The summed E-state index contributed by atoms with van der Waals surface area (Å²) in [5.74, 6) is -2.23. The van der Waals surface area contributed by atoms with Crippen LogP contribution in [0.15, 0.2) is 39.3 Å². The van der Waals surface area contributed by atoms with Crippen LogP contribution in [-0.2, 0) is 6.54 Å². The molecule has 1 aromatic heterocycles. The largest absolute Gasteiger partial charge is 0.507 e. The minimum Gasteiger partial charge on any atom is -0.507 e. The smallest absolute Gasteiger partial charge is 0.281 e. The van der Waals surface area contributed by atoms with Gasteiger partial charge in [0.25, 0.3) is 5.56 Å². The average Bonchev–Trinajstić information content (AvgIpc) is 2.78. The number of halogens is 2. The molecular formula is C23H14Cl2N4O5. The van der Waals surface area contributed by atoms with E-state index in [4.69, 9.17) is 23.2 Å². The molecule has 0 atom stereocenters. The van der Waals surface area contributed by atoms with Gasteiger partial charge in [0.1, 0.15) is 23.1 Å². The van der Waals surface area contributed by atoms with Crippen LogP contribution in [0.2, 0.25) is 10.0 Å². The summed E-state index contributed by atoms with van der Waals surface area (Å²) in [6.07, 6.45) is 0. The highest BCUT2D eigenvalue weighted by Gasteiger charge is 2.37. The molecule has 1 aliphatic rings. The lowest BCUT2D eigenvalue weighted by molar-refractivity contribution is 0.0977. The Morgan fingerprint density at radius 1 is 1.00 bits per heavy atom. The summed E-state index contributed by atoms with van der Waals surface area (Å²) >= 11 is 12.5. The lowest BCUT2D eigenvalue weighted by Gasteiger charge is -2.21. The summed E-state index contributed by atoms with van der Waals surface area (Å²) < 4.78 is 0.951. The van der Waals surface area contributed by atoms with Crippen molar-refractivity contribution >= 4 is 46.1 Å². The fourth-order valence-corrected chi connectivity index (χ4v) is 4.41. The van der Waals surface area contributed by atoms with Crippen molar-refractivity contribution in [1.29, 1.82) is 5.26 Å². The van der Waals surface area contributed by atoms with Crippen LogP contribution in [0.25, 0.3) is 0 Å². The molecule has 2 N–H and O–H groups in total. The maximum atomic E-state index is 13.3. The van der Waals surface area contributed by atoms with Gasteiger partial charge in [0.05, 0.1) is 26.7 Å². The third kappa shape index (κ3) is 3.27. The zero-order chi connectivity index (χ0) is 24.9. The quantitative estimate of drug-likeness (QED) is 0.383. The van der Waals surface area contributed by atoms with Crippen molar-refractivity contribution < 1.29 is 19.8 Å². The molecule has 1 heterocycles. The van der Waals surface area contributed by atoms with E-state index in [9.17, 15) is 29.9 Å². The number of azo groups is 1. The molecule has 0 radical (unpaired) electrons. The normalized spacial score (nSPS) is 12.6. The Morgan fingerprint density at radius 3 is 2.32 bits per heavy atom. The lowest BCUT2D eigenvalue weighted by Crippen LogP contribution is -2.22. The molecule has 34 heavy (non-hydrogen) atoms. The number of phenolic OH excluding ortho intramolecular Hbond substituents is 1. The van der Waals surface area contributed by atoms with Crippen LogP contribution in [0.3, 0.4) is 0 Å². The predicted molar refractivity (Wildman–Crippen MR) is 123 cm³/mol. The van der Waals surface area contributed by atoms with Gasteiger partial charge in [-0.2, -0.15) is 5.26 Å². The van der Waals surface area contributed by atoms with E-state index in [1.165, 1.54) is 31.2 Å². The van der Waals surface area contributed by atoms with E-state index in [1.54, 1.807) is 6.92 Å². The van der Waals surface area contributed by atoms with Gasteiger partial charge in [0, 0.05) is 17.7 Å². The number of aromatic hydroxyl groups is 2. The molecule has 0 saturated carbocycles. The molecule has 0 unspecified atom stereocenters. The maximum absolute atomic E-state index is 13.3. The SMILES string of the molecule is CCn1c(O)c(C#N)c(C)c(N=Nc2c(Cl)cc(Cl)c3c2C(=O)c2cccc(O)c2C3=O)c1=O. The van der Waals surface area contributed by atoms with E-state index >= 15 is 0 Å². The van der Waals surface area contributed by atoms with Gasteiger partial charge in [-0.3, -0.25) is 19.0 Å². The Balaban J connectivity index is 1.99. The Labute approximate surface area is 202 Å². The Hall–Kier alpha value is -4.00. The monoisotopic (exact) mass is 496 g/mol. The van der Waals surface area contributed by atoms with Crippen LogP contribution in [0.5, 0.6) is 11.6 Å². The standard InChI is InChI=1S/C23H14Cl2N4O5/c1-3-29-22(33)11(8-26)9(2)18(23(29)34)27-28-19-13(25)7-12(24)16-17(19)20(31)10-5-4-6-14(30)15(10)21(16)32/h4-7,30,33H,3H2,1-2H3. The number of phenols is 1. The van der Waals surface area contributed by atoms with Gasteiger partial charge in [0.2, 0.25) is 5.88 Å². The molecule has 2 aromatic carbocycles. The molecule has 0 fully saturated rings. The number of hydrogen-bond acceptors (Lipinski definition) is 8. The highest BCUT2D eigenvalue weighted by molar-refractivity contribution is 6.43. The molecule has 0 bridgehead atoms. The molecule has 3 aromatic rings. The first kappa shape index (κ1) is 23.2. The number of fused-ring (bicyclic) bond motifs is 2. The molecule has 0 spiro atoms. The van der Waals surface area contributed by atoms with Gasteiger partial charge in [-0.05, 0) is 26.0 Å². The maximum Gasteiger partial charge on any atom is 0.281 e. The minimum atomic E-state index is -0.711.